The van der Waals surface area contributed by atoms with Crippen molar-refractivity contribution in [3.63, 3.8) is 0 Å². The quantitative estimate of drug-likeness (QED) is 0.732. The van der Waals surface area contributed by atoms with Gasteiger partial charge in [0.05, 0.1) is 12.7 Å². The van der Waals surface area contributed by atoms with Crippen molar-refractivity contribution in [1.29, 1.82) is 0 Å². The maximum atomic E-state index is 12.0. The number of aryl methyl sites for hydroxylation is 2. The SMILES string of the molecule is Cc1cc2occ(CC(=O)NCCCCCC(=O)O)c2cc1C. The maximum absolute atomic E-state index is 12.0. The fraction of sp³-hybridized carbons (Fsp3) is 0.444. The summed E-state index contributed by atoms with van der Waals surface area (Å²) >= 11 is 0. The number of benzene rings is 1. The molecule has 2 N–H and O–H groups in total. The molecule has 1 aromatic heterocycles. The number of rotatable bonds is 8. The molecular weight excluding hydrogens is 294 g/mol. The van der Waals surface area contributed by atoms with E-state index in [1.54, 1.807) is 6.26 Å². The van der Waals surface area contributed by atoms with Crippen LogP contribution in [0.25, 0.3) is 11.0 Å². The van der Waals surface area contributed by atoms with Crippen LogP contribution in [0, 0.1) is 13.8 Å². The third-order valence-electron chi connectivity index (χ3n) is 4.01. The lowest BCUT2D eigenvalue weighted by molar-refractivity contribution is -0.137. The molecular formula is C18H23NO4. The number of hydrogen-bond acceptors (Lipinski definition) is 3. The number of nitrogens with one attached hydrogen (secondary N) is 1. The first kappa shape index (κ1) is 17.1. The molecule has 0 spiro atoms. The largest absolute Gasteiger partial charge is 0.481 e. The van der Waals surface area contributed by atoms with Gasteiger partial charge in [0.1, 0.15) is 5.58 Å². The standard InChI is InChI=1S/C18H23NO4/c1-12-8-15-14(11-23-16(15)9-13(12)2)10-17(20)19-7-5-3-4-6-18(21)22/h8-9,11H,3-7,10H2,1-2H3,(H,19,20)(H,21,22). The van der Waals surface area contributed by atoms with E-state index in [1.165, 1.54) is 11.1 Å². The average Bonchev–Trinajstić information content (AvgIpc) is 2.85. The molecule has 5 nitrogen and oxygen atoms in total. The van der Waals surface area contributed by atoms with Crippen molar-refractivity contribution in [2.75, 3.05) is 6.54 Å². The summed E-state index contributed by atoms with van der Waals surface area (Å²) in [6.07, 6.45) is 4.38. The Balaban J connectivity index is 1.82. The number of furan rings is 1. The molecule has 5 heteroatoms. The Kier molecular flexibility index (Phi) is 5.79. The lowest BCUT2D eigenvalue weighted by Gasteiger charge is -2.05. The molecule has 0 aliphatic rings. The van der Waals surface area contributed by atoms with Crippen molar-refractivity contribution in [2.24, 2.45) is 0 Å². The van der Waals surface area contributed by atoms with Crippen molar-refractivity contribution in [1.82, 2.24) is 5.32 Å². The monoisotopic (exact) mass is 317 g/mol. The van der Waals surface area contributed by atoms with E-state index in [9.17, 15) is 9.59 Å². The molecule has 0 radical (unpaired) electrons. The zero-order valence-electron chi connectivity index (χ0n) is 13.6. The topological polar surface area (TPSA) is 79.5 Å². The van der Waals surface area contributed by atoms with Crippen LogP contribution < -0.4 is 5.32 Å². The second-order valence-electron chi connectivity index (χ2n) is 5.92. The number of carboxylic acids is 1. The Morgan fingerprint density at radius 2 is 1.87 bits per heavy atom. The molecule has 2 aromatic rings. The first-order valence-electron chi connectivity index (χ1n) is 7.93. The number of amides is 1. The zero-order chi connectivity index (χ0) is 16.8. The number of carbonyl (C=O) groups is 2. The van der Waals surface area contributed by atoms with E-state index in [0.29, 0.717) is 19.4 Å². The third kappa shape index (κ3) is 4.84. The summed E-state index contributed by atoms with van der Waals surface area (Å²) in [4.78, 5) is 22.4. The van der Waals surface area contributed by atoms with Gasteiger partial charge in [0.2, 0.25) is 5.91 Å². The van der Waals surface area contributed by atoms with Crippen LogP contribution in [0.1, 0.15) is 42.4 Å². The lowest BCUT2D eigenvalue weighted by Crippen LogP contribution is -2.26. The molecule has 0 bridgehead atoms. The van der Waals surface area contributed by atoms with Gasteiger partial charge < -0.3 is 14.8 Å². The van der Waals surface area contributed by atoms with Crippen molar-refractivity contribution in [2.45, 2.75) is 46.0 Å². The van der Waals surface area contributed by atoms with Crippen molar-refractivity contribution >= 4 is 22.8 Å². The second kappa shape index (κ2) is 7.81. The molecule has 23 heavy (non-hydrogen) atoms. The summed E-state index contributed by atoms with van der Waals surface area (Å²) in [6.45, 7) is 4.66. The van der Waals surface area contributed by atoms with Crippen LogP contribution in [-0.2, 0) is 16.0 Å². The van der Waals surface area contributed by atoms with Gasteiger partial charge in [-0.3, -0.25) is 9.59 Å². The molecule has 0 saturated carbocycles. The number of hydrogen-bond donors (Lipinski definition) is 2. The van der Waals surface area contributed by atoms with Gasteiger partial charge in [-0.1, -0.05) is 6.42 Å². The van der Waals surface area contributed by atoms with E-state index >= 15 is 0 Å². The van der Waals surface area contributed by atoms with Gasteiger partial charge in [0.15, 0.2) is 0 Å². The van der Waals surface area contributed by atoms with Crippen LogP contribution in [0.5, 0.6) is 0 Å². The number of unbranched alkanes of at least 4 members (excludes halogenated alkanes) is 2. The van der Waals surface area contributed by atoms with Gasteiger partial charge in [-0.05, 0) is 49.9 Å². The molecule has 124 valence electrons. The fourth-order valence-corrected chi connectivity index (χ4v) is 2.51. The summed E-state index contributed by atoms with van der Waals surface area (Å²) in [5, 5.41) is 12.4. The van der Waals surface area contributed by atoms with Crippen LogP contribution in [0.15, 0.2) is 22.8 Å². The van der Waals surface area contributed by atoms with Gasteiger partial charge in [-0.25, -0.2) is 0 Å². The van der Waals surface area contributed by atoms with Crippen molar-refractivity contribution in [3.05, 3.63) is 35.1 Å². The number of carbonyl (C=O) groups excluding carboxylic acids is 1. The highest BCUT2D eigenvalue weighted by atomic mass is 16.4. The lowest BCUT2D eigenvalue weighted by atomic mass is 10.0. The van der Waals surface area contributed by atoms with Crippen LogP contribution in [0.2, 0.25) is 0 Å². The highest BCUT2D eigenvalue weighted by molar-refractivity contribution is 5.88. The van der Waals surface area contributed by atoms with Crippen LogP contribution in [0.3, 0.4) is 0 Å². The molecule has 2 rings (SSSR count). The second-order valence-corrected chi connectivity index (χ2v) is 5.92. The van der Waals surface area contributed by atoms with E-state index in [1.807, 2.05) is 19.9 Å². The summed E-state index contributed by atoms with van der Waals surface area (Å²) in [6, 6.07) is 4.05. The van der Waals surface area contributed by atoms with Crippen LogP contribution in [0.4, 0.5) is 0 Å². The van der Waals surface area contributed by atoms with Gasteiger partial charge in [-0.15, -0.1) is 0 Å². The first-order valence-corrected chi connectivity index (χ1v) is 7.93. The van der Waals surface area contributed by atoms with Crippen LogP contribution >= 0.6 is 0 Å². The zero-order valence-corrected chi connectivity index (χ0v) is 13.6. The molecule has 1 aromatic carbocycles. The smallest absolute Gasteiger partial charge is 0.303 e. The minimum Gasteiger partial charge on any atom is -0.481 e. The predicted octanol–water partition coefficient (Wildman–Crippen LogP) is 3.35. The Morgan fingerprint density at radius 3 is 2.61 bits per heavy atom. The molecule has 0 unspecified atom stereocenters. The van der Waals surface area contributed by atoms with Gasteiger partial charge in [0, 0.05) is 23.9 Å². The molecule has 0 saturated heterocycles. The molecule has 1 heterocycles. The van der Waals surface area contributed by atoms with Crippen molar-refractivity contribution in [3.8, 4) is 0 Å². The molecule has 0 aliphatic carbocycles. The molecule has 0 atom stereocenters. The minimum absolute atomic E-state index is 0.0378. The summed E-state index contributed by atoms with van der Waals surface area (Å²) in [7, 11) is 0. The molecule has 0 fully saturated rings. The predicted molar refractivity (Wildman–Crippen MR) is 88.5 cm³/mol. The van der Waals surface area contributed by atoms with Gasteiger partial charge in [0.25, 0.3) is 0 Å². The normalized spacial score (nSPS) is 10.9. The molecule has 1 amide bonds. The van der Waals surface area contributed by atoms with Gasteiger partial charge in [-0.2, -0.15) is 0 Å². The Hall–Kier alpha value is -2.30. The number of fused-ring (bicyclic) bond motifs is 1. The fourth-order valence-electron chi connectivity index (χ4n) is 2.51. The van der Waals surface area contributed by atoms with Crippen LogP contribution in [-0.4, -0.2) is 23.5 Å². The van der Waals surface area contributed by atoms with Gasteiger partial charge >= 0.3 is 5.97 Å². The minimum atomic E-state index is -0.772. The number of carboxylic acid groups (broad SMARTS) is 1. The maximum Gasteiger partial charge on any atom is 0.303 e. The third-order valence-corrected chi connectivity index (χ3v) is 4.01. The highest BCUT2D eigenvalue weighted by Gasteiger charge is 2.11. The van der Waals surface area contributed by atoms with E-state index in [0.717, 1.165) is 29.4 Å². The summed E-state index contributed by atoms with van der Waals surface area (Å²) < 4.78 is 5.53. The Bertz CT molecular complexity index is 702. The Labute approximate surface area is 135 Å². The van der Waals surface area contributed by atoms with Crippen molar-refractivity contribution < 1.29 is 19.1 Å². The summed E-state index contributed by atoms with van der Waals surface area (Å²) in [5.41, 5.74) is 4.05. The van der Waals surface area contributed by atoms with E-state index in [2.05, 4.69) is 11.4 Å². The Morgan fingerprint density at radius 1 is 1.13 bits per heavy atom. The van der Waals surface area contributed by atoms with E-state index < -0.39 is 5.97 Å². The molecule has 0 aliphatic heterocycles. The van der Waals surface area contributed by atoms with E-state index in [-0.39, 0.29) is 12.3 Å². The average molecular weight is 317 g/mol. The highest BCUT2D eigenvalue weighted by Crippen LogP contribution is 2.25. The first-order chi connectivity index (χ1) is 11.0. The van der Waals surface area contributed by atoms with E-state index in [4.69, 9.17) is 9.52 Å². The number of aliphatic carboxylic acids is 1. The summed E-state index contributed by atoms with van der Waals surface area (Å²) in [5.74, 6) is -0.810.